The standard InChI is InChI=1S/C90H75B3N6O3/c1-88(2,3)97-73-56-74-70(54-69(73)91-67-44-28-30-46-79(67)100-82-51-64(48-76(97)85(82)91)94(58-32-16-10-17-33-58)59-34-18-11-19-35-59)93-72-55-71-75(57-81(72)102-84-53-66(50-78(87(84)93)98(74)89(4,5)6)96(62-40-24-14-25-41-62)63-42-26-15-27-43-63)99(90(7,8)9)77-49-65(52-83-86(77)92(71)68-45-29-31-47-80(68)101-83)95(60-36-20-12-21-37-60)61-38-22-13-23-39-61/h10-57H,1-9H3. The second kappa shape index (κ2) is 22.9. The summed E-state index contributed by atoms with van der Waals surface area (Å²) in [4.78, 5) is 14.9. The Balaban J connectivity index is 0.889. The molecule has 6 aliphatic rings. The highest BCUT2D eigenvalue weighted by atomic mass is 16.5. The molecule has 0 spiro atoms. The van der Waals surface area contributed by atoms with E-state index in [0.29, 0.717) is 0 Å². The van der Waals surface area contributed by atoms with E-state index in [1.54, 1.807) is 0 Å². The maximum atomic E-state index is 7.92. The number of anilines is 15. The molecule has 19 rings (SSSR count). The zero-order valence-electron chi connectivity index (χ0n) is 58.9. The summed E-state index contributed by atoms with van der Waals surface area (Å²) in [6.45, 7) is 20.5. The zero-order valence-corrected chi connectivity index (χ0v) is 58.9. The van der Waals surface area contributed by atoms with Gasteiger partial charge in [0.25, 0.3) is 20.1 Å². The largest absolute Gasteiger partial charge is 0.458 e. The van der Waals surface area contributed by atoms with E-state index in [2.05, 4.69) is 383 Å². The summed E-state index contributed by atoms with van der Waals surface area (Å²) in [7, 11) is 0. The van der Waals surface area contributed by atoms with E-state index < -0.39 is 16.6 Å². The van der Waals surface area contributed by atoms with Crippen LogP contribution in [-0.2, 0) is 0 Å². The van der Waals surface area contributed by atoms with Crippen LogP contribution in [0.2, 0.25) is 0 Å². The monoisotopic (exact) mass is 1320 g/mol. The second-order valence-electron chi connectivity index (χ2n) is 30.8. The van der Waals surface area contributed by atoms with Gasteiger partial charge >= 0.3 is 0 Å². The molecule has 13 aromatic rings. The first-order valence-electron chi connectivity index (χ1n) is 35.7. The number of ether oxygens (including phenoxy) is 3. The van der Waals surface area contributed by atoms with Gasteiger partial charge in [0.05, 0.1) is 17.1 Å². The van der Waals surface area contributed by atoms with Gasteiger partial charge in [0, 0.05) is 109 Å². The van der Waals surface area contributed by atoms with Crippen molar-refractivity contribution in [2.24, 2.45) is 0 Å². The fraction of sp³-hybridized carbons (Fsp3) is 0.133. The summed E-state index contributed by atoms with van der Waals surface area (Å²) >= 11 is 0. The molecule has 0 atom stereocenters. The van der Waals surface area contributed by atoms with E-state index in [4.69, 9.17) is 14.2 Å². The Bertz CT molecular complexity index is 5390. The molecule has 6 aliphatic heterocycles. The molecule has 6 heterocycles. The third-order valence-corrected chi connectivity index (χ3v) is 21.2. The number of fused-ring (bicyclic) bond motifs is 12. The quantitative estimate of drug-likeness (QED) is 0.132. The Labute approximate surface area is 599 Å². The van der Waals surface area contributed by atoms with Crippen LogP contribution in [0, 0.1) is 0 Å². The van der Waals surface area contributed by atoms with Gasteiger partial charge in [-0.05, 0) is 221 Å². The highest BCUT2D eigenvalue weighted by molar-refractivity contribution is 7.03. The van der Waals surface area contributed by atoms with Gasteiger partial charge < -0.3 is 43.6 Å². The average molecular weight is 1320 g/mol. The van der Waals surface area contributed by atoms with Crippen molar-refractivity contribution in [2.45, 2.75) is 78.9 Å². The van der Waals surface area contributed by atoms with Crippen LogP contribution < -0.4 is 92.8 Å². The molecule has 0 fully saturated rings. The Morgan fingerprint density at radius 1 is 0.216 bits per heavy atom. The van der Waals surface area contributed by atoms with Crippen molar-refractivity contribution in [2.75, 3.05) is 29.4 Å². The minimum atomic E-state index is -0.466. The van der Waals surface area contributed by atoms with Crippen LogP contribution in [0.1, 0.15) is 62.3 Å². The molecule has 0 saturated heterocycles. The third kappa shape index (κ3) is 9.62. The average Bonchev–Trinajstić information content (AvgIpc) is 0.681. The molecule has 12 heteroatoms. The predicted molar refractivity (Wildman–Crippen MR) is 429 cm³/mol. The molecule has 13 aromatic carbocycles. The van der Waals surface area contributed by atoms with Gasteiger partial charge in [0.1, 0.15) is 34.5 Å². The highest BCUT2D eigenvalue weighted by Gasteiger charge is 2.52. The van der Waals surface area contributed by atoms with Gasteiger partial charge in [0.15, 0.2) is 0 Å². The van der Waals surface area contributed by atoms with Gasteiger partial charge in [-0.15, -0.1) is 0 Å². The normalized spacial score (nSPS) is 13.9. The van der Waals surface area contributed by atoms with Crippen molar-refractivity contribution in [1.82, 2.24) is 0 Å². The van der Waals surface area contributed by atoms with E-state index >= 15 is 0 Å². The maximum absolute atomic E-state index is 7.92. The van der Waals surface area contributed by atoms with Crippen molar-refractivity contribution in [3.05, 3.63) is 291 Å². The van der Waals surface area contributed by atoms with E-state index in [0.717, 1.165) is 153 Å². The van der Waals surface area contributed by atoms with Gasteiger partial charge in [0.2, 0.25) is 0 Å². The van der Waals surface area contributed by atoms with Crippen molar-refractivity contribution in [3.8, 4) is 34.5 Å². The lowest BCUT2D eigenvalue weighted by atomic mass is 9.29. The van der Waals surface area contributed by atoms with Crippen LogP contribution in [0.15, 0.2) is 291 Å². The summed E-state index contributed by atoms with van der Waals surface area (Å²) in [5, 5.41) is 0. The number of benzene rings is 13. The zero-order chi connectivity index (χ0) is 69.1. The lowest BCUT2D eigenvalue weighted by Crippen LogP contribution is -2.67. The predicted octanol–water partition coefficient (Wildman–Crippen LogP) is 17.7. The van der Waals surface area contributed by atoms with E-state index in [-0.39, 0.29) is 20.1 Å². The summed E-state index contributed by atoms with van der Waals surface area (Å²) in [5.41, 5.74) is 25.2. The molecular weight excluding hydrogens is 1250 g/mol. The van der Waals surface area contributed by atoms with E-state index in [1.165, 1.54) is 16.4 Å². The van der Waals surface area contributed by atoms with Crippen LogP contribution in [0.3, 0.4) is 0 Å². The van der Waals surface area contributed by atoms with Crippen molar-refractivity contribution >= 4 is 155 Å². The van der Waals surface area contributed by atoms with Crippen molar-refractivity contribution < 1.29 is 14.2 Å². The van der Waals surface area contributed by atoms with Crippen LogP contribution in [0.4, 0.5) is 85.3 Å². The molecule has 0 unspecified atom stereocenters. The van der Waals surface area contributed by atoms with Crippen LogP contribution >= 0.6 is 0 Å². The van der Waals surface area contributed by atoms with E-state index in [1.807, 2.05) is 0 Å². The first-order chi connectivity index (χ1) is 49.5. The smallest absolute Gasteiger partial charge is 0.256 e. The Morgan fingerprint density at radius 3 is 0.775 bits per heavy atom. The molecule has 0 saturated carbocycles. The fourth-order valence-corrected chi connectivity index (χ4v) is 17.4. The highest BCUT2D eigenvalue weighted by Crippen LogP contribution is 2.52. The van der Waals surface area contributed by atoms with Crippen molar-refractivity contribution in [3.63, 3.8) is 0 Å². The topological polar surface area (TPSA) is 47.1 Å². The molecule has 0 amide bonds. The van der Waals surface area contributed by atoms with Crippen LogP contribution in [0.25, 0.3) is 0 Å². The first kappa shape index (κ1) is 61.4. The summed E-state index contributed by atoms with van der Waals surface area (Å²) in [5.74, 6) is 5.05. The summed E-state index contributed by atoms with van der Waals surface area (Å²) in [6.07, 6.45) is 0. The van der Waals surface area contributed by atoms with Gasteiger partial charge in [-0.2, -0.15) is 0 Å². The molecule has 492 valence electrons. The minimum absolute atomic E-state index is 0.187. The SMILES string of the molecule is CC(C)(C)N1c2cc3c(cc2B2c4ccccc4Oc4cc(N(c5ccccc5)c5ccccc5)cc1c42)B1c2cc4c(cc2N(C(C)(C)C)c2cc(N(c5ccccc5)c5ccccc5)cc(c21)O3)N(C(C)(C)C)c1cc(N(c2ccccc2)c2ccccc2)cc2c1B4c1ccccc1O2. The third-order valence-electron chi connectivity index (χ3n) is 21.2. The molecule has 9 nitrogen and oxygen atoms in total. The molecule has 0 aliphatic carbocycles. The van der Waals surface area contributed by atoms with Crippen LogP contribution in [-0.4, -0.2) is 36.8 Å². The van der Waals surface area contributed by atoms with Gasteiger partial charge in [-0.25, -0.2) is 0 Å². The fourth-order valence-electron chi connectivity index (χ4n) is 17.4. The lowest BCUT2D eigenvalue weighted by molar-refractivity contribution is 0.484. The lowest BCUT2D eigenvalue weighted by Gasteiger charge is -2.50. The summed E-state index contributed by atoms with van der Waals surface area (Å²) < 4.78 is 22.5. The molecule has 0 bridgehead atoms. The molecule has 0 radical (unpaired) electrons. The van der Waals surface area contributed by atoms with E-state index in [9.17, 15) is 0 Å². The molecule has 102 heavy (non-hydrogen) atoms. The van der Waals surface area contributed by atoms with Crippen LogP contribution in [0.5, 0.6) is 34.5 Å². The summed E-state index contributed by atoms with van der Waals surface area (Å²) in [6, 6.07) is 106. The Morgan fingerprint density at radius 2 is 0.471 bits per heavy atom. The number of nitrogens with zero attached hydrogens (tertiary/aromatic N) is 6. The maximum Gasteiger partial charge on any atom is 0.256 e. The molecule has 0 aromatic heterocycles. The number of rotatable bonds is 9. The number of para-hydroxylation sites is 8. The van der Waals surface area contributed by atoms with Gasteiger partial charge in [-0.1, -0.05) is 158 Å². The Hall–Kier alpha value is -11.7. The molecule has 0 N–H and O–H groups in total. The first-order valence-corrected chi connectivity index (χ1v) is 35.7. The second-order valence-corrected chi connectivity index (χ2v) is 30.8. The Kier molecular flexibility index (Phi) is 13.8. The minimum Gasteiger partial charge on any atom is -0.458 e. The van der Waals surface area contributed by atoms with Crippen molar-refractivity contribution in [1.29, 1.82) is 0 Å². The number of hydrogen-bond acceptors (Lipinski definition) is 9. The number of hydrogen-bond donors (Lipinski definition) is 0. The molecular formula is C90H75B3N6O3. The van der Waals surface area contributed by atoms with Gasteiger partial charge in [-0.3, -0.25) is 0 Å².